The van der Waals surface area contributed by atoms with Crippen LogP contribution in [0.5, 0.6) is 5.75 Å². The molecule has 0 spiro atoms. The number of alkyl halides is 1. The summed E-state index contributed by atoms with van der Waals surface area (Å²) in [5.41, 5.74) is 2.68. The van der Waals surface area contributed by atoms with E-state index in [1.807, 2.05) is 6.07 Å². The Labute approximate surface area is 216 Å². The molecule has 0 fully saturated rings. The molecule has 37 heavy (non-hydrogen) atoms. The quantitative estimate of drug-likeness (QED) is 0.359. The number of pyridine rings is 1. The highest BCUT2D eigenvalue weighted by atomic mass is 19.1. The lowest BCUT2D eigenvalue weighted by molar-refractivity contribution is 0.0577. The van der Waals surface area contributed by atoms with Gasteiger partial charge >= 0.3 is 6.09 Å². The number of amides is 1. The predicted molar refractivity (Wildman–Crippen MR) is 138 cm³/mol. The number of anilines is 1. The van der Waals surface area contributed by atoms with E-state index in [1.165, 1.54) is 18.0 Å². The number of nitriles is 2. The van der Waals surface area contributed by atoms with Crippen LogP contribution in [0.15, 0.2) is 54.7 Å². The van der Waals surface area contributed by atoms with Crippen LogP contribution in [0.2, 0.25) is 0 Å². The molecule has 3 aromatic rings. The summed E-state index contributed by atoms with van der Waals surface area (Å²) in [5, 5.41) is 18.3. The summed E-state index contributed by atoms with van der Waals surface area (Å²) < 4.78 is 26.7. The van der Waals surface area contributed by atoms with Gasteiger partial charge < -0.3 is 9.47 Å². The van der Waals surface area contributed by atoms with Crippen molar-refractivity contribution >= 4 is 11.8 Å². The first-order valence-electron chi connectivity index (χ1n) is 11.8. The van der Waals surface area contributed by atoms with Gasteiger partial charge in [-0.05, 0) is 76.6 Å². The van der Waals surface area contributed by atoms with Crippen molar-refractivity contribution in [2.24, 2.45) is 0 Å². The summed E-state index contributed by atoms with van der Waals surface area (Å²) in [6.07, 6.45) is -0.505. The zero-order valence-electron chi connectivity index (χ0n) is 21.6. The van der Waals surface area contributed by atoms with E-state index < -0.39 is 17.9 Å². The maximum absolute atomic E-state index is 15.1. The highest BCUT2D eigenvalue weighted by Crippen LogP contribution is 2.35. The van der Waals surface area contributed by atoms with Gasteiger partial charge in [-0.2, -0.15) is 10.5 Å². The first-order valence-corrected chi connectivity index (χ1v) is 11.8. The number of nitrogens with zero attached hydrogens (tertiary/aromatic N) is 4. The molecule has 3 rings (SSSR count). The van der Waals surface area contributed by atoms with Crippen molar-refractivity contribution < 1.29 is 18.7 Å². The Morgan fingerprint density at radius 1 is 1.11 bits per heavy atom. The van der Waals surface area contributed by atoms with Crippen LogP contribution in [0.25, 0.3) is 0 Å². The van der Waals surface area contributed by atoms with Crippen molar-refractivity contribution in [3.63, 3.8) is 0 Å². The van der Waals surface area contributed by atoms with E-state index >= 15 is 4.39 Å². The molecule has 0 saturated heterocycles. The summed E-state index contributed by atoms with van der Waals surface area (Å²) in [7, 11) is 0. The van der Waals surface area contributed by atoms with Gasteiger partial charge in [0.25, 0.3) is 0 Å². The van der Waals surface area contributed by atoms with Gasteiger partial charge in [0, 0.05) is 23.0 Å². The minimum atomic E-state index is -1.42. The van der Waals surface area contributed by atoms with Gasteiger partial charge in [0.05, 0.1) is 35.5 Å². The molecule has 0 saturated carbocycles. The first-order chi connectivity index (χ1) is 17.5. The Kier molecular flexibility index (Phi) is 8.47. The number of benzene rings is 2. The molecule has 7 nitrogen and oxygen atoms in total. The molecule has 2 aromatic carbocycles. The van der Waals surface area contributed by atoms with Crippen LogP contribution < -0.4 is 9.64 Å². The first kappa shape index (κ1) is 27.2. The van der Waals surface area contributed by atoms with Gasteiger partial charge in [-0.15, -0.1) is 0 Å². The molecule has 1 unspecified atom stereocenters. The van der Waals surface area contributed by atoms with Gasteiger partial charge in [-0.3, -0.25) is 9.88 Å². The molecule has 1 atom stereocenters. The van der Waals surface area contributed by atoms with Crippen LogP contribution in [0.1, 0.15) is 67.4 Å². The van der Waals surface area contributed by atoms with E-state index in [2.05, 4.69) is 17.1 Å². The topological polar surface area (TPSA) is 99.2 Å². The molecule has 1 aromatic heterocycles. The van der Waals surface area contributed by atoms with E-state index in [4.69, 9.17) is 20.0 Å². The fourth-order valence-corrected chi connectivity index (χ4v) is 3.74. The smallest absolute Gasteiger partial charge is 0.415 e. The molecule has 0 radical (unpaired) electrons. The number of carbonyl (C=O) groups is 1. The molecule has 0 aliphatic rings. The number of halogens is 1. The van der Waals surface area contributed by atoms with E-state index in [0.717, 1.165) is 5.56 Å². The van der Waals surface area contributed by atoms with Crippen molar-refractivity contribution in [2.45, 2.75) is 59.5 Å². The second-order valence-corrected chi connectivity index (χ2v) is 9.55. The SMILES string of the molecule is Cc1ncc(CN(C(=O)OC(C)(C)C)c2ccc(C#N)cc2)c(C(C)F)c1OCc1cccc(C#N)c1. The summed E-state index contributed by atoms with van der Waals surface area (Å²) in [5.74, 6) is 0.291. The van der Waals surface area contributed by atoms with Crippen LogP contribution in [0.3, 0.4) is 0 Å². The third-order valence-electron chi connectivity index (χ3n) is 5.42. The molecule has 0 aliphatic heterocycles. The molecular weight excluding hydrogens is 471 g/mol. The number of ether oxygens (including phenoxy) is 2. The van der Waals surface area contributed by atoms with Crippen molar-refractivity contribution in [3.8, 4) is 17.9 Å². The molecule has 0 N–H and O–H groups in total. The molecule has 1 amide bonds. The lowest BCUT2D eigenvalue weighted by Gasteiger charge is -2.29. The summed E-state index contributed by atoms with van der Waals surface area (Å²) >= 11 is 0. The van der Waals surface area contributed by atoms with Crippen LogP contribution >= 0.6 is 0 Å². The summed E-state index contributed by atoms with van der Waals surface area (Å²) in [4.78, 5) is 19.0. The minimum Gasteiger partial charge on any atom is -0.487 e. The van der Waals surface area contributed by atoms with E-state index in [9.17, 15) is 4.79 Å². The van der Waals surface area contributed by atoms with Gasteiger partial charge in [-0.1, -0.05) is 12.1 Å². The van der Waals surface area contributed by atoms with Crippen LogP contribution in [0, 0.1) is 29.6 Å². The average Bonchev–Trinajstić information content (AvgIpc) is 2.86. The average molecular weight is 501 g/mol. The number of hydrogen-bond donors (Lipinski definition) is 0. The Hall–Kier alpha value is -4.43. The number of aromatic nitrogens is 1. The van der Waals surface area contributed by atoms with Crippen molar-refractivity contribution in [1.29, 1.82) is 10.5 Å². The van der Waals surface area contributed by atoms with E-state index in [-0.39, 0.29) is 18.7 Å². The summed E-state index contributed by atoms with van der Waals surface area (Å²) in [6.45, 7) is 8.50. The normalized spacial score (nSPS) is 11.7. The zero-order valence-corrected chi connectivity index (χ0v) is 21.6. The Bertz CT molecular complexity index is 1350. The van der Waals surface area contributed by atoms with Crippen LogP contribution in [0.4, 0.5) is 14.9 Å². The van der Waals surface area contributed by atoms with Gasteiger partial charge in [-0.25, -0.2) is 9.18 Å². The second kappa shape index (κ2) is 11.5. The Morgan fingerprint density at radius 3 is 2.38 bits per heavy atom. The fourth-order valence-electron chi connectivity index (χ4n) is 3.74. The fraction of sp³-hybridized carbons (Fsp3) is 0.310. The highest BCUT2D eigenvalue weighted by molar-refractivity contribution is 5.88. The minimum absolute atomic E-state index is 0.0298. The number of rotatable bonds is 7. The van der Waals surface area contributed by atoms with E-state index in [1.54, 1.807) is 70.2 Å². The van der Waals surface area contributed by atoms with Gasteiger partial charge in [0.15, 0.2) is 0 Å². The standard InChI is InChI=1S/C29H29FN4O3/c1-19(30)26-24(16-33-20(2)27(26)36-18-23-8-6-7-22(13-23)15-32)17-34(28(35)37-29(3,4)5)25-11-9-21(14-31)10-12-25/h6-13,16,19H,17-18H2,1-5H3. The number of aryl methyl sites for hydroxylation is 1. The molecular formula is C29H29FN4O3. The largest absolute Gasteiger partial charge is 0.487 e. The number of hydrogen-bond acceptors (Lipinski definition) is 6. The Morgan fingerprint density at radius 2 is 1.78 bits per heavy atom. The van der Waals surface area contributed by atoms with Crippen molar-refractivity contribution in [3.05, 3.63) is 88.2 Å². The summed E-state index contributed by atoms with van der Waals surface area (Å²) in [6, 6.07) is 17.6. The van der Waals surface area contributed by atoms with Crippen LogP contribution in [-0.4, -0.2) is 16.7 Å². The molecule has 0 bridgehead atoms. The molecule has 0 aliphatic carbocycles. The maximum Gasteiger partial charge on any atom is 0.415 e. The predicted octanol–water partition coefficient (Wildman–Crippen LogP) is 6.68. The van der Waals surface area contributed by atoms with Gasteiger partial charge in [0.1, 0.15) is 24.1 Å². The maximum atomic E-state index is 15.1. The highest BCUT2D eigenvalue weighted by Gasteiger charge is 2.27. The molecule has 1 heterocycles. The second-order valence-electron chi connectivity index (χ2n) is 9.55. The van der Waals surface area contributed by atoms with Crippen molar-refractivity contribution in [1.82, 2.24) is 4.98 Å². The third kappa shape index (κ3) is 7.05. The van der Waals surface area contributed by atoms with Crippen LogP contribution in [-0.2, 0) is 17.9 Å². The lowest BCUT2D eigenvalue weighted by atomic mass is 10.0. The van der Waals surface area contributed by atoms with Gasteiger partial charge in [0.2, 0.25) is 0 Å². The Balaban J connectivity index is 2.00. The van der Waals surface area contributed by atoms with E-state index in [0.29, 0.717) is 33.8 Å². The third-order valence-corrected chi connectivity index (χ3v) is 5.42. The van der Waals surface area contributed by atoms with Crippen molar-refractivity contribution in [2.75, 3.05) is 4.90 Å². The monoisotopic (exact) mass is 500 g/mol. The zero-order chi connectivity index (χ0) is 27.2. The lowest BCUT2D eigenvalue weighted by Crippen LogP contribution is -2.36. The molecule has 8 heteroatoms. The number of carbonyl (C=O) groups excluding carboxylic acids is 1. The molecule has 190 valence electrons.